The first-order chi connectivity index (χ1) is 15.7. The lowest BCUT2D eigenvalue weighted by atomic mass is 10.1. The Morgan fingerprint density at radius 2 is 1.56 bits per heavy atom. The first-order valence-corrected chi connectivity index (χ1v) is 12.3. The summed E-state index contributed by atoms with van der Waals surface area (Å²) < 4.78 is 0.953. The Morgan fingerprint density at radius 3 is 2.19 bits per heavy atom. The van der Waals surface area contributed by atoms with Crippen LogP contribution in [0.25, 0.3) is 0 Å². The summed E-state index contributed by atoms with van der Waals surface area (Å²) in [5, 5.41) is 0.871. The Bertz CT molecular complexity index is 1020. The van der Waals surface area contributed by atoms with Crippen LogP contribution in [0.2, 0.25) is 0 Å². The minimum absolute atomic E-state index is 0.0110. The second kappa shape index (κ2) is 13.0. The van der Waals surface area contributed by atoms with Crippen LogP contribution in [0.3, 0.4) is 0 Å². The number of rotatable bonds is 10. The number of amidine groups is 1. The number of benzene rings is 3. The monoisotopic (exact) mass is 506 g/mol. The number of ketones is 1. The van der Waals surface area contributed by atoms with Crippen molar-refractivity contribution in [2.75, 3.05) is 19.6 Å². The maximum absolute atomic E-state index is 12.7. The highest BCUT2D eigenvalue weighted by Crippen LogP contribution is 2.18. The van der Waals surface area contributed by atoms with Crippen LogP contribution in [-0.2, 0) is 12.2 Å². The molecular formula is C27H27BrN2OS. The molecule has 0 aliphatic rings. The Morgan fingerprint density at radius 1 is 0.938 bits per heavy atom. The van der Waals surface area contributed by atoms with Gasteiger partial charge < -0.3 is 4.90 Å². The van der Waals surface area contributed by atoms with Crippen molar-refractivity contribution in [3.63, 3.8) is 0 Å². The number of halogens is 1. The summed E-state index contributed by atoms with van der Waals surface area (Å²) in [6.45, 7) is 5.54. The minimum Gasteiger partial charge on any atom is -0.347 e. The summed E-state index contributed by atoms with van der Waals surface area (Å²) in [5.41, 5.74) is 3.18. The summed E-state index contributed by atoms with van der Waals surface area (Å²) in [5.74, 6) is 0.808. The number of Topliss-reactive ketones (excluding diaryl/α,β-unsaturated/α-hetero) is 1. The Balaban J connectivity index is 1.75. The lowest BCUT2D eigenvalue weighted by Crippen LogP contribution is -2.32. The van der Waals surface area contributed by atoms with E-state index < -0.39 is 0 Å². The van der Waals surface area contributed by atoms with Gasteiger partial charge in [0.05, 0.1) is 0 Å². The second-order valence-electron chi connectivity index (χ2n) is 7.27. The molecule has 0 atom stereocenters. The fourth-order valence-electron chi connectivity index (χ4n) is 3.16. The number of carbonyl (C=O) groups excluding carboxylic acids is 1. The zero-order chi connectivity index (χ0) is 22.6. The summed E-state index contributed by atoms with van der Waals surface area (Å²) in [6.07, 6.45) is 2.79. The SMILES string of the molecule is C=CCN(CCc1ccccc1)C(=NCC(=O)c1ccc(Br)cc1)SCc1ccccc1. The molecule has 0 bridgehead atoms. The molecule has 32 heavy (non-hydrogen) atoms. The van der Waals surface area contributed by atoms with Gasteiger partial charge in [-0.25, -0.2) is 0 Å². The van der Waals surface area contributed by atoms with Gasteiger partial charge in [0.1, 0.15) is 6.54 Å². The van der Waals surface area contributed by atoms with Crippen molar-refractivity contribution in [2.45, 2.75) is 12.2 Å². The van der Waals surface area contributed by atoms with Crippen LogP contribution in [0.1, 0.15) is 21.5 Å². The average Bonchev–Trinajstić information content (AvgIpc) is 2.83. The van der Waals surface area contributed by atoms with Gasteiger partial charge in [0.15, 0.2) is 11.0 Å². The van der Waals surface area contributed by atoms with Crippen molar-refractivity contribution in [3.8, 4) is 0 Å². The molecule has 0 aliphatic heterocycles. The van der Waals surface area contributed by atoms with Crippen LogP contribution < -0.4 is 0 Å². The first-order valence-electron chi connectivity index (χ1n) is 10.6. The molecule has 0 heterocycles. The van der Waals surface area contributed by atoms with E-state index in [0.717, 1.165) is 28.4 Å². The zero-order valence-electron chi connectivity index (χ0n) is 18.0. The Labute approximate surface area is 203 Å². The fraction of sp³-hybridized carbons (Fsp3) is 0.185. The van der Waals surface area contributed by atoms with Gasteiger partial charge in [-0.05, 0) is 29.7 Å². The molecule has 3 nitrogen and oxygen atoms in total. The number of hydrogen-bond acceptors (Lipinski definition) is 3. The second-order valence-corrected chi connectivity index (χ2v) is 9.13. The Hall–Kier alpha value is -2.63. The molecule has 5 heteroatoms. The quantitative estimate of drug-likeness (QED) is 0.133. The fourth-order valence-corrected chi connectivity index (χ4v) is 4.41. The molecule has 164 valence electrons. The number of nitrogens with zero attached hydrogens (tertiary/aromatic N) is 2. The molecular weight excluding hydrogens is 480 g/mol. The molecule has 3 rings (SSSR count). The molecule has 0 saturated carbocycles. The summed E-state index contributed by atoms with van der Waals surface area (Å²) in [4.78, 5) is 19.7. The molecule has 3 aromatic carbocycles. The average molecular weight is 507 g/mol. The van der Waals surface area contributed by atoms with E-state index in [1.807, 2.05) is 54.6 Å². The van der Waals surface area contributed by atoms with E-state index in [4.69, 9.17) is 4.99 Å². The van der Waals surface area contributed by atoms with Crippen molar-refractivity contribution in [2.24, 2.45) is 4.99 Å². The topological polar surface area (TPSA) is 32.7 Å². The summed E-state index contributed by atoms with van der Waals surface area (Å²) >= 11 is 5.08. The molecule has 0 spiro atoms. The van der Waals surface area contributed by atoms with Gasteiger partial charge in [-0.15, -0.1) is 6.58 Å². The van der Waals surface area contributed by atoms with Gasteiger partial charge in [-0.3, -0.25) is 9.79 Å². The summed E-state index contributed by atoms with van der Waals surface area (Å²) in [6, 6.07) is 28.2. The molecule has 0 N–H and O–H groups in total. The Kier molecular flexibility index (Phi) is 9.79. The highest BCUT2D eigenvalue weighted by molar-refractivity contribution is 9.10. The van der Waals surface area contributed by atoms with E-state index in [2.05, 4.69) is 63.8 Å². The normalized spacial score (nSPS) is 11.2. The molecule has 0 saturated heterocycles. The molecule has 0 aromatic heterocycles. The highest BCUT2D eigenvalue weighted by atomic mass is 79.9. The predicted molar refractivity (Wildman–Crippen MR) is 140 cm³/mol. The number of carbonyl (C=O) groups is 1. The van der Waals surface area contributed by atoms with E-state index in [1.54, 1.807) is 11.8 Å². The molecule has 0 amide bonds. The smallest absolute Gasteiger partial charge is 0.184 e. The third-order valence-electron chi connectivity index (χ3n) is 4.87. The van der Waals surface area contributed by atoms with Crippen LogP contribution in [-0.4, -0.2) is 35.5 Å². The van der Waals surface area contributed by atoms with E-state index in [0.29, 0.717) is 12.1 Å². The third kappa shape index (κ3) is 7.81. The van der Waals surface area contributed by atoms with Gasteiger partial charge in [-0.2, -0.15) is 0 Å². The lowest BCUT2D eigenvalue weighted by Gasteiger charge is -2.24. The van der Waals surface area contributed by atoms with Crippen LogP contribution in [0.5, 0.6) is 0 Å². The lowest BCUT2D eigenvalue weighted by molar-refractivity contribution is 0.100. The highest BCUT2D eigenvalue weighted by Gasteiger charge is 2.13. The molecule has 0 unspecified atom stereocenters. The minimum atomic E-state index is 0.0110. The predicted octanol–water partition coefficient (Wildman–Crippen LogP) is 6.65. The van der Waals surface area contributed by atoms with Gasteiger partial charge >= 0.3 is 0 Å². The van der Waals surface area contributed by atoms with E-state index in [-0.39, 0.29) is 12.3 Å². The van der Waals surface area contributed by atoms with Crippen LogP contribution >= 0.6 is 27.7 Å². The molecule has 0 aliphatic carbocycles. The van der Waals surface area contributed by atoms with Gasteiger partial charge in [0, 0.05) is 28.9 Å². The van der Waals surface area contributed by atoms with E-state index in [9.17, 15) is 4.79 Å². The van der Waals surface area contributed by atoms with Gasteiger partial charge in [0.2, 0.25) is 0 Å². The number of aliphatic imine (C=N–C) groups is 1. The maximum atomic E-state index is 12.7. The zero-order valence-corrected chi connectivity index (χ0v) is 20.4. The first kappa shape index (κ1) is 24.0. The molecule has 3 aromatic rings. The number of thioether (sulfide) groups is 1. The largest absolute Gasteiger partial charge is 0.347 e. The maximum Gasteiger partial charge on any atom is 0.184 e. The van der Waals surface area contributed by atoms with Gasteiger partial charge in [0.25, 0.3) is 0 Å². The number of hydrogen-bond donors (Lipinski definition) is 0. The van der Waals surface area contributed by atoms with E-state index in [1.165, 1.54) is 11.1 Å². The third-order valence-corrected chi connectivity index (χ3v) is 6.52. The van der Waals surface area contributed by atoms with Crippen LogP contribution in [0.15, 0.2) is 107 Å². The van der Waals surface area contributed by atoms with Gasteiger partial charge in [-0.1, -0.05) is 107 Å². The van der Waals surface area contributed by atoms with Crippen molar-refractivity contribution < 1.29 is 4.79 Å². The van der Waals surface area contributed by atoms with Crippen molar-refractivity contribution in [1.29, 1.82) is 0 Å². The molecule has 0 fully saturated rings. The van der Waals surface area contributed by atoms with Crippen molar-refractivity contribution in [3.05, 3.63) is 119 Å². The van der Waals surface area contributed by atoms with E-state index >= 15 is 0 Å². The van der Waals surface area contributed by atoms with Crippen molar-refractivity contribution in [1.82, 2.24) is 4.90 Å². The van der Waals surface area contributed by atoms with Crippen LogP contribution in [0, 0.1) is 0 Å². The molecule has 0 radical (unpaired) electrons. The standard InChI is InChI=1S/C27H27BrN2OS/c1-2-18-30(19-17-22-9-5-3-6-10-22)27(32-21-23-11-7-4-8-12-23)29-20-26(31)24-13-15-25(28)16-14-24/h2-16H,1,17-21H2. The summed E-state index contributed by atoms with van der Waals surface area (Å²) in [7, 11) is 0. The van der Waals surface area contributed by atoms with Crippen LogP contribution in [0.4, 0.5) is 0 Å². The van der Waals surface area contributed by atoms with Crippen molar-refractivity contribution >= 4 is 38.6 Å².